The molecule has 0 aliphatic heterocycles. The van der Waals surface area contributed by atoms with Crippen molar-refractivity contribution in [3.63, 3.8) is 0 Å². The number of nitrogens with one attached hydrogen (secondary N) is 1. The molecule has 8 nitrogen and oxygen atoms in total. The van der Waals surface area contributed by atoms with E-state index < -0.39 is 5.69 Å². The number of nitrogens with zero attached hydrogens (tertiary/aromatic N) is 4. The number of methoxy groups -OCH3 is 1. The first-order chi connectivity index (χ1) is 15.1. The average molecular weight is 431 g/mol. The molecule has 0 spiro atoms. The second-order valence-corrected chi connectivity index (χ2v) is 7.73. The number of thiophene rings is 1. The van der Waals surface area contributed by atoms with E-state index >= 15 is 0 Å². The fourth-order valence-electron chi connectivity index (χ4n) is 3.37. The third-order valence-electron chi connectivity index (χ3n) is 4.89. The summed E-state index contributed by atoms with van der Waals surface area (Å²) in [6, 6.07) is 16.8. The van der Waals surface area contributed by atoms with E-state index in [2.05, 4.69) is 15.4 Å². The predicted molar refractivity (Wildman–Crippen MR) is 120 cm³/mol. The molecule has 2 aromatic carbocycles. The van der Waals surface area contributed by atoms with Crippen LogP contribution < -0.4 is 15.7 Å². The Morgan fingerprint density at radius 1 is 1.13 bits per heavy atom. The molecule has 3 heterocycles. The van der Waals surface area contributed by atoms with Crippen molar-refractivity contribution in [3.8, 4) is 16.9 Å². The monoisotopic (exact) mass is 431 g/mol. The molecule has 0 unspecified atom stereocenters. The van der Waals surface area contributed by atoms with Gasteiger partial charge >= 0.3 is 5.69 Å². The summed E-state index contributed by atoms with van der Waals surface area (Å²) in [5.74, 6) is 0.448. The Morgan fingerprint density at radius 2 is 1.90 bits per heavy atom. The summed E-state index contributed by atoms with van der Waals surface area (Å²) in [4.78, 5) is 29.6. The molecule has 1 amide bonds. The number of benzene rings is 2. The molecule has 154 valence electrons. The molecule has 0 saturated heterocycles. The van der Waals surface area contributed by atoms with Gasteiger partial charge in [-0.3, -0.25) is 4.79 Å². The Hall–Kier alpha value is -3.98. The van der Waals surface area contributed by atoms with Crippen LogP contribution in [0, 0.1) is 0 Å². The molecule has 0 aliphatic carbocycles. The van der Waals surface area contributed by atoms with Crippen molar-refractivity contribution in [2.75, 3.05) is 12.4 Å². The molecular formula is C22H17N5O3S. The highest BCUT2D eigenvalue weighted by Gasteiger charge is 2.17. The molecule has 0 fully saturated rings. The molecule has 1 N–H and O–H groups in total. The highest BCUT2D eigenvalue weighted by molar-refractivity contribution is 7.18. The number of ether oxygens (including phenoxy) is 1. The van der Waals surface area contributed by atoms with Crippen molar-refractivity contribution in [3.05, 3.63) is 76.8 Å². The zero-order valence-corrected chi connectivity index (χ0v) is 17.3. The number of hydrogen-bond donors (Lipinski definition) is 1. The van der Waals surface area contributed by atoms with Crippen molar-refractivity contribution in [2.45, 2.75) is 6.54 Å². The summed E-state index contributed by atoms with van der Waals surface area (Å²) < 4.78 is 8.53. The molecule has 0 atom stereocenters. The summed E-state index contributed by atoms with van der Waals surface area (Å²) in [6.45, 7) is -0.187. The van der Waals surface area contributed by atoms with Gasteiger partial charge in [0.2, 0.25) is 5.91 Å². The van der Waals surface area contributed by atoms with Crippen LogP contribution in [0.25, 0.3) is 27.0 Å². The maximum Gasteiger partial charge on any atom is 0.352 e. The van der Waals surface area contributed by atoms with Gasteiger partial charge in [0.05, 0.1) is 17.3 Å². The van der Waals surface area contributed by atoms with Gasteiger partial charge in [0.1, 0.15) is 18.6 Å². The predicted octanol–water partition coefficient (Wildman–Crippen LogP) is 3.42. The van der Waals surface area contributed by atoms with Crippen LogP contribution in [0.5, 0.6) is 5.75 Å². The number of carbonyl (C=O) groups is 1. The number of para-hydroxylation sites is 1. The van der Waals surface area contributed by atoms with Crippen LogP contribution in [0.4, 0.5) is 5.69 Å². The Bertz CT molecular complexity index is 1450. The minimum Gasteiger partial charge on any atom is -0.497 e. The highest BCUT2D eigenvalue weighted by Crippen LogP contribution is 2.34. The molecule has 0 aliphatic rings. The average Bonchev–Trinajstić information content (AvgIpc) is 3.36. The van der Waals surface area contributed by atoms with Crippen LogP contribution >= 0.6 is 11.3 Å². The molecule has 3 aromatic heterocycles. The van der Waals surface area contributed by atoms with E-state index in [0.717, 1.165) is 31.8 Å². The molecule has 0 bridgehead atoms. The van der Waals surface area contributed by atoms with E-state index in [1.807, 2.05) is 47.8 Å². The molecular weight excluding hydrogens is 414 g/mol. The van der Waals surface area contributed by atoms with Gasteiger partial charge in [0, 0.05) is 16.6 Å². The molecule has 9 heteroatoms. The minimum absolute atomic E-state index is 0.187. The summed E-state index contributed by atoms with van der Waals surface area (Å²) >= 11 is 1.46. The molecule has 5 rings (SSSR count). The van der Waals surface area contributed by atoms with Crippen molar-refractivity contribution in [2.24, 2.45) is 0 Å². The topological polar surface area (TPSA) is 90.5 Å². The normalized spacial score (nSPS) is 11.1. The number of carbonyl (C=O) groups excluding carboxylic acids is 1. The molecule has 5 aromatic rings. The Kier molecular flexibility index (Phi) is 4.72. The standard InChI is InChI=1S/C22H17N5O3S/c1-30-16-9-7-14(8-10-16)17-12-31-20-19(17)23-13-26-21(20)25-27(22(26)29)11-18(28)24-15-5-3-2-4-6-15/h2-10,12-13H,11H2,1H3,(H,24,28). The van der Waals surface area contributed by atoms with Gasteiger partial charge in [-0.1, -0.05) is 30.3 Å². The van der Waals surface area contributed by atoms with Crippen LogP contribution in [0.15, 0.2) is 71.1 Å². The summed E-state index contributed by atoms with van der Waals surface area (Å²) in [6.07, 6.45) is 1.46. The number of aromatic nitrogens is 4. The van der Waals surface area contributed by atoms with Crippen LogP contribution in [-0.4, -0.2) is 32.2 Å². The smallest absolute Gasteiger partial charge is 0.352 e. The number of fused-ring (bicyclic) bond motifs is 3. The van der Waals surface area contributed by atoms with Crippen molar-refractivity contribution >= 4 is 38.8 Å². The fraction of sp³-hybridized carbons (Fsp3) is 0.0909. The Morgan fingerprint density at radius 3 is 2.65 bits per heavy atom. The molecule has 0 radical (unpaired) electrons. The third kappa shape index (κ3) is 3.44. The quantitative estimate of drug-likeness (QED) is 0.461. The minimum atomic E-state index is -0.410. The largest absolute Gasteiger partial charge is 0.497 e. The summed E-state index contributed by atoms with van der Waals surface area (Å²) in [7, 11) is 1.63. The maximum absolute atomic E-state index is 12.7. The highest BCUT2D eigenvalue weighted by atomic mass is 32.1. The lowest BCUT2D eigenvalue weighted by atomic mass is 10.1. The number of hydrogen-bond acceptors (Lipinski definition) is 6. The molecule has 0 saturated carbocycles. The first kappa shape index (κ1) is 19.0. The van der Waals surface area contributed by atoms with Crippen molar-refractivity contribution in [1.82, 2.24) is 19.2 Å². The maximum atomic E-state index is 12.7. The Labute approximate surface area is 180 Å². The number of anilines is 1. The van der Waals surface area contributed by atoms with E-state index in [1.165, 1.54) is 22.1 Å². The first-order valence-electron chi connectivity index (χ1n) is 9.49. The van der Waals surface area contributed by atoms with Gasteiger partial charge in [-0.05, 0) is 29.8 Å². The van der Waals surface area contributed by atoms with E-state index in [1.54, 1.807) is 19.2 Å². The fourth-order valence-corrected chi connectivity index (χ4v) is 4.37. The lowest BCUT2D eigenvalue weighted by Crippen LogP contribution is -2.28. The van der Waals surface area contributed by atoms with Crippen LogP contribution in [0.3, 0.4) is 0 Å². The van der Waals surface area contributed by atoms with Gasteiger partial charge in [0.25, 0.3) is 0 Å². The van der Waals surface area contributed by atoms with E-state index in [-0.39, 0.29) is 12.5 Å². The first-order valence-corrected chi connectivity index (χ1v) is 10.4. The molecule has 31 heavy (non-hydrogen) atoms. The summed E-state index contributed by atoms with van der Waals surface area (Å²) in [5.41, 5.74) is 3.44. The zero-order valence-electron chi connectivity index (χ0n) is 16.5. The lowest BCUT2D eigenvalue weighted by Gasteiger charge is -2.03. The second kappa shape index (κ2) is 7.69. The SMILES string of the molecule is COc1ccc(-c2csc3c2ncn2c(=O)n(CC(=O)Nc4ccccc4)nc32)cc1. The van der Waals surface area contributed by atoms with Crippen molar-refractivity contribution in [1.29, 1.82) is 0 Å². The lowest BCUT2D eigenvalue weighted by molar-refractivity contribution is -0.117. The Balaban J connectivity index is 1.50. The van der Waals surface area contributed by atoms with E-state index in [0.29, 0.717) is 11.3 Å². The summed E-state index contributed by atoms with van der Waals surface area (Å²) in [5, 5.41) is 9.17. The number of amides is 1. The second-order valence-electron chi connectivity index (χ2n) is 6.85. The number of rotatable bonds is 5. The van der Waals surface area contributed by atoms with Gasteiger partial charge in [-0.15, -0.1) is 16.4 Å². The zero-order chi connectivity index (χ0) is 21.4. The van der Waals surface area contributed by atoms with Gasteiger partial charge in [-0.25, -0.2) is 18.9 Å². The van der Waals surface area contributed by atoms with Crippen molar-refractivity contribution < 1.29 is 9.53 Å². The van der Waals surface area contributed by atoms with Gasteiger partial charge in [0.15, 0.2) is 5.65 Å². The van der Waals surface area contributed by atoms with Gasteiger partial charge in [-0.2, -0.15) is 0 Å². The van der Waals surface area contributed by atoms with E-state index in [9.17, 15) is 9.59 Å². The van der Waals surface area contributed by atoms with Crippen LogP contribution in [-0.2, 0) is 11.3 Å². The van der Waals surface area contributed by atoms with Crippen LogP contribution in [0.2, 0.25) is 0 Å². The van der Waals surface area contributed by atoms with Gasteiger partial charge < -0.3 is 10.1 Å². The van der Waals surface area contributed by atoms with E-state index in [4.69, 9.17) is 4.74 Å². The third-order valence-corrected chi connectivity index (χ3v) is 5.86. The van der Waals surface area contributed by atoms with Crippen LogP contribution in [0.1, 0.15) is 0 Å².